The van der Waals surface area contributed by atoms with Gasteiger partial charge in [0.05, 0.1) is 6.54 Å². The minimum Gasteiger partial charge on any atom is -0.342 e. The summed E-state index contributed by atoms with van der Waals surface area (Å²) in [5.41, 5.74) is 0.746. The third-order valence-electron chi connectivity index (χ3n) is 4.82. The fourth-order valence-corrected chi connectivity index (χ4v) is 4.17. The molecule has 0 bridgehead atoms. The van der Waals surface area contributed by atoms with Gasteiger partial charge in [0.1, 0.15) is 0 Å². The molecule has 0 N–H and O–H groups in total. The number of hydrogen-bond acceptors (Lipinski definition) is 4. The number of thioether (sulfide) groups is 1. The van der Waals surface area contributed by atoms with Gasteiger partial charge >= 0.3 is 0 Å². The summed E-state index contributed by atoms with van der Waals surface area (Å²) >= 11 is 1.80. The number of nitrogens with zero attached hydrogens (tertiary/aromatic N) is 3. The predicted molar refractivity (Wildman–Crippen MR) is 112 cm³/mol. The second-order valence-electron chi connectivity index (χ2n) is 7.18. The lowest BCUT2D eigenvalue weighted by atomic mass is 10.2. The van der Waals surface area contributed by atoms with E-state index in [1.54, 1.807) is 11.8 Å². The maximum absolute atomic E-state index is 12.8. The van der Waals surface area contributed by atoms with Crippen molar-refractivity contribution in [3.8, 4) is 0 Å². The topological polar surface area (TPSA) is 43.9 Å². The van der Waals surface area contributed by atoms with Gasteiger partial charge in [0.25, 0.3) is 5.91 Å². The van der Waals surface area contributed by atoms with Crippen LogP contribution < -0.4 is 0 Å². The quantitative estimate of drug-likeness (QED) is 0.670. The van der Waals surface area contributed by atoms with E-state index in [1.807, 2.05) is 47.9 Å². The SMILES string of the molecule is CCN(CC)C(=O)CN1CCCN(C(=O)c2ccc(SC(C)C)cc2)CC1. The Morgan fingerprint density at radius 3 is 2.30 bits per heavy atom. The van der Waals surface area contributed by atoms with Gasteiger partial charge in [-0.15, -0.1) is 11.8 Å². The average Bonchev–Trinajstić information content (AvgIpc) is 2.88. The molecule has 2 rings (SSSR count). The molecule has 0 aromatic heterocycles. The van der Waals surface area contributed by atoms with Crippen LogP contribution in [0.3, 0.4) is 0 Å². The smallest absolute Gasteiger partial charge is 0.253 e. The van der Waals surface area contributed by atoms with Gasteiger partial charge in [-0.25, -0.2) is 0 Å². The Bertz CT molecular complexity index is 614. The summed E-state index contributed by atoms with van der Waals surface area (Å²) in [7, 11) is 0. The summed E-state index contributed by atoms with van der Waals surface area (Å²) in [6.07, 6.45) is 0.901. The molecule has 1 aromatic carbocycles. The van der Waals surface area contributed by atoms with E-state index >= 15 is 0 Å². The van der Waals surface area contributed by atoms with Gasteiger partial charge in [-0.1, -0.05) is 13.8 Å². The van der Waals surface area contributed by atoms with Gasteiger partial charge in [0.2, 0.25) is 5.91 Å². The second-order valence-corrected chi connectivity index (χ2v) is 8.83. The molecule has 5 nitrogen and oxygen atoms in total. The maximum Gasteiger partial charge on any atom is 0.253 e. The van der Waals surface area contributed by atoms with Crippen LogP contribution in [0, 0.1) is 0 Å². The highest BCUT2D eigenvalue weighted by molar-refractivity contribution is 7.99. The minimum absolute atomic E-state index is 0.0908. The number of benzene rings is 1. The molecule has 1 aliphatic heterocycles. The number of carbonyl (C=O) groups is 2. The average molecular weight is 392 g/mol. The first-order valence-electron chi connectivity index (χ1n) is 10.0. The lowest BCUT2D eigenvalue weighted by molar-refractivity contribution is -0.132. The van der Waals surface area contributed by atoms with Crippen LogP contribution in [-0.4, -0.2) is 77.6 Å². The van der Waals surface area contributed by atoms with Crippen LogP contribution in [0.25, 0.3) is 0 Å². The van der Waals surface area contributed by atoms with Crippen molar-refractivity contribution in [1.82, 2.24) is 14.7 Å². The molecule has 2 amide bonds. The van der Waals surface area contributed by atoms with Crippen LogP contribution in [0.4, 0.5) is 0 Å². The molecule has 1 aliphatic rings. The zero-order chi connectivity index (χ0) is 19.8. The van der Waals surface area contributed by atoms with E-state index in [0.717, 1.165) is 44.7 Å². The molecule has 0 spiro atoms. The van der Waals surface area contributed by atoms with Crippen LogP contribution in [0.1, 0.15) is 44.5 Å². The van der Waals surface area contributed by atoms with E-state index in [9.17, 15) is 9.59 Å². The third-order valence-corrected chi connectivity index (χ3v) is 5.84. The fourth-order valence-electron chi connectivity index (χ4n) is 3.33. The summed E-state index contributed by atoms with van der Waals surface area (Å²) in [6.45, 7) is 13.3. The normalized spacial score (nSPS) is 15.7. The number of hydrogen-bond donors (Lipinski definition) is 0. The highest BCUT2D eigenvalue weighted by Gasteiger charge is 2.22. The minimum atomic E-state index is 0.0908. The first-order valence-corrected chi connectivity index (χ1v) is 10.9. The van der Waals surface area contributed by atoms with Gasteiger partial charge in [-0.2, -0.15) is 0 Å². The molecule has 1 aromatic rings. The monoisotopic (exact) mass is 391 g/mol. The fraction of sp³-hybridized carbons (Fsp3) is 0.619. The lowest BCUT2D eigenvalue weighted by Crippen LogP contribution is -2.42. The van der Waals surface area contributed by atoms with Crippen molar-refractivity contribution in [1.29, 1.82) is 0 Å². The van der Waals surface area contributed by atoms with Crippen molar-refractivity contribution in [3.05, 3.63) is 29.8 Å². The lowest BCUT2D eigenvalue weighted by Gasteiger charge is -2.25. The molecule has 0 unspecified atom stereocenters. The summed E-state index contributed by atoms with van der Waals surface area (Å²) in [4.78, 5) is 32.3. The van der Waals surface area contributed by atoms with Gasteiger partial charge in [0.15, 0.2) is 0 Å². The Balaban J connectivity index is 1.91. The Kier molecular flexibility index (Phi) is 8.64. The Hall–Kier alpha value is -1.53. The highest BCUT2D eigenvalue weighted by Crippen LogP contribution is 2.23. The Morgan fingerprint density at radius 2 is 1.70 bits per heavy atom. The van der Waals surface area contributed by atoms with Crippen LogP contribution in [-0.2, 0) is 4.79 Å². The summed E-state index contributed by atoms with van der Waals surface area (Å²) in [6, 6.07) is 7.93. The molecule has 0 aliphatic carbocycles. The van der Waals surface area contributed by atoms with Crippen molar-refractivity contribution < 1.29 is 9.59 Å². The zero-order valence-electron chi connectivity index (χ0n) is 17.1. The third kappa shape index (κ3) is 6.54. The van der Waals surface area contributed by atoms with Crippen LogP contribution in [0.2, 0.25) is 0 Å². The van der Waals surface area contributed by atoms with E-state index in [1.165, 1.54) is 4.90 Å². The van der Waals surface area contributed by atoms with E-state index < -0.39 is 0 Å². The first-order chi connectivity index (χ1) is 12.9. The van der Waals surface area contributed by atoms with Crippen LogP contribution >= 0.6 is 11.8 Å². The van der Waals surface area contributed by atoms with E-state index in [-0.39, 0.29) is 11.8 Å². The Morgan fingerprint density at radius 1 is 1.04 bits per heavy atom. The number of amides is 2. The maximum atomic E-state index is 12.8. The van der Waals surface area contributed by atoms with Gasteiger partial charge < -0.3 is 9.80 Å². The molecule has 150 valence electrons. The van der Waals surface area contributed by atoms with E-state index in [4.69, 9.17) is 0 Å². The van der Waals surface area contributed by atoms with Gasteiger partial charge in [-0.05, 0) is 44.5 Å². The molecule has 0 radical (unpaired) electrons. The molecule has 27 heavy (non-hydrogen) atoms. The molecule has 0 atom stereocenters. The number of likely N-dealkylation sites (N-methyl/N-ethyl adjacent to an activating group) is 1. The van der Waals surface area contributed by atoms with Crippen LogP contribution in [0.15, 0.2) is 29.2 Å². The number of rotatable bonds is 7. The molecular formula is C21H33N3O2S. The molecule has 6 heteroatoms. The van der Waals surface area contributed by atoms with Crippen molar-refractivity contribution in [2.75, 3.05) is 45.8 Å². The molecule has 1 fully saturated rings. The standard InChI is InChI=1S/C21H33N3O2S/c1-5-23(6-2)20(25)16-22-12-7-13-24(15-14-22)21(26)18-8-10-19(11-9-18)27-17(3)4/h8-11,17H,5-7,12-16H2,1-4H3. The number of carbonyl (C=O) groups excluding carboxylic acids is 2. The molecule has 1 saturated heterocycles. The molecule has 1 heterocycles. The zero-order valence-corrected chi connectivity index (χ0v) is 17.9. The highest BCUT2D eigenvalue weighted by atomic mass is 32.2. The van der Waals surface area contributed by atoms with Crippen molar-refractivity contribution in [3.63, 3.8) is 0 Å². The first kappa shape index (κ1) is 21.8. The van der Waals surface area contributed by atoms with Crippen LogP contribution in [0.5, 0.6) is 0 Å². The second kappa shape index (κ2) is 10.7. The van der Waals surface area contributed by atoms with Crippen molar-refractivity contribution in [2.24, 2.45) is 0 Å². The summed E-state index contributed by atoms with van der Waals surface area (Å²) in [5, 5.41) is 0.530. The Labute approximate surface area is 168 Å². The van der Waals surface area contributed by atoms with Crippen molar-refractivity contribution in [2.45, 2.75) is 44.3 Å². The van der Waals surface area contributed by atoms with Crippen molar-refractivity contribution >= 4 is 23.6 Å². The summed E-state index contributed by atoms with van der Waals surface area (Å²) < 4.78 is 0. The summed E-state index contributed by atoms with van der Waals surface area (Å²) in [5.74, 6) is 0.269. The van der Waals surface area contributed by atoms with E-state index in [2.05, 4.69) is 18.7 Å². The van der Waals surface area contributed by atoms with Gasteiger partial charge in [0, 0.05) is 55.0 Å². The largest absolute Gasteiger partial charge is 0.342 e. The van der Waals surface area contributed by atoms with Gasteiger partial charge in [-0.3, -0.25) is 14.5 Å². The molecule has 0 saturated carbocycles. The predicted octanol–water partition coefficient (Wildman–Crippen LogP) is 3.20. The van der Waals surface area contributed by atoms with E-state index in [0.29, 0.717) is 18.3 Å². The molecular weight excluding hydrogens is 358 g/mol.